The summed E-state index contributed by atoms with van der Waals surface area (Å²) in [5.41, 5.74) is 0.196. The molecule has 1 aliphatic rings. The van der Waals surface area contributed by atoms with Crippen LogP contribution in [0.1, 0.15) is 6.92 Å². The zero-order valence-electron chi connectivity index (χ0n) is 4.98. The third-order valence-corrected chi connectivity index (χ3v) is 1.36. The molecule has 0 bridgehead atoms. The Labute approximate surface area is 49.3 Å². The van der Waals surface area contributed by atoms with Gasteiger partial charge in [0, 0.05) is 0 Å². The zero-order chi connectivity index (χ0) is 6.04. The summed E-state index contributed by atoms with van der Waals surface area (Å²) in [5.74, 6) is 0. The maximum Gasteiger partial charge on any atom is 0.224 e. The Hall–Kier alpha value is -0.550. The maximum absolute atomic E-state index is 6.56. The molecule has 44 valence electrons. The van der Waals surface area contributed by atoms with Crippen molar-refractivity contribution in [2.24, 2.45) is 5.41 Å². The van der Waals surface area contributed by atoms with Crippen molar-refractivity contribution in [1.82, 2.24) is 0 Å². The van der Waals surface area contributed by atoms with Gasteiger partial charge in [0.25, 0.3) is 0 Å². The van der Waals surface area contributed by atoms with Crippen molar-refractivity contribution in [3.05, 3.63) is 11.4 Å². The lowest BCUT2D eigenvalue weighted by molar-refractivity contribution is -0.0907. The molecule has 0 aromatic rings. The average Bonchev–Trinajstić information content (AvgIpc) is 1.64. The summed E-state index contributed by atoms with van der Waals surface area (Å²) < 4.78 is 4.95. The summed E-state index contributed by atoms with van der Waals surface area (Å²) in [6, 6.07) is 0. The maximum atomic E-state index is 6.56. The van der Waals surface area contributed by atoms with E-state index in [0.29, 0.717) is 6.54 Å². The normalized spacial score (nSPS) is 23.5. The van der Waals surface area contributed by atoms with Crippen molar-refractivity contribution in [3.63, 3.8) is 0 Å². The van der Waals surface area contributed by atoms with Crippen LogP contribution in [0.4, 0.5) is 0 Å². The van der Waals surface area contributed by atoms with Crippen LogP contribution >= 0.6 is 0 Å². The molecular weight excluding hydrogens is 102 g/mol. The van der Waals surface area contributed by atoms with Crippen molar-refractivity contribution < 1.29 is 4.74 Å². The standard InChI is InChI=1S/C6H9NO/c1-6(3-7-2)4-8-5-6/h3-5H2,1H3. The molecule has 2 heteroatoms. The third kappa shape index (κ3) is 0.823. The minimum absolute atomic E-state index is 0.196. The predicted molar refractivity (Wildman–Crippen MR) is 30.4 cm³/mol. The van der Waals surface area contributed by atoms with Gasteiger partial charge in [0.05, 0.1) is 18.6 Å². The lowest BCUT2D eigenvalue weighted by Gasteiger charge is -2.32. The Morgan fingerprint density at radius 1 is 1.75 bits per heavy atom. The van der Waals surface area contributed by atoms with Crippen LogP contribution in [0, 0.1) is 12.0 Å². The van der Waals surface area contributed by atoms with Crippen molar-refractivity contribution in [2.75, 3.05) is 19.8 Å². The van der Waals surface area contributed by atoms with Gasteiger partial charge in [-0.25, -0.2) is 6.57 Å². The Morgan fingerprint density at radius 3 is 2.50 bits per heavy atom. The Kier molecular flexibility index (Phi) is 1.22. The van der Waals surface area contributed by atoms with Crippen LogP contribution in [0.2, 0.25) is 0 Å². The zero-order valence-corrected chi connectivity index (χ0v) is 4.98. The fraction of sp³-hybridized carbons (Fsp3) is 0.833. The van der Waals surface area contributed by atoms with Gasteiger partial charge in [-0.05, 0) is 6.92 Å². The molecular formula is C6H9NO. The molecule has 0 saturated carbocycles. The minimum atomic E-state index is 0.196. The van der Waals surface area contributed by atoms with E-state index in [4.69, 9.17) is 11.3 Å². The molecule has 0 atom stereocenters. The summed E-state index contributed by atoms with van der Waals surface area (Å²) in [6.45, 7) is 10.8. The highest BCUT2D eigenvalue weighted by Gasteiger charge is 2.36. The Bertz CT molecular complexity index is 121. The highest BCUT2D eigenvalue weighted by atomic mass is 16.5. The summed E-state index contributed by atoms with van der Waals surface area (Å²) in [7, 11) is 0. The molecule has 1 aliphatic heterocycles. The number of ether oxygens (including phenoxy) is 1. The second-order valence-electron chi connectivity index (χ2n) is 2.62. The van der Waals surface area contributed by atoms with Crippen molar-refractivity contribution in [1.29, 1.82) is 0 Å². The summed E-state index contributed by atoms with van der Waals surface area (Å²) in [6.07, 6.45) is 0. The van der Waals surface area contributed by atoms with Gasteiger partial charge < -0.3 is 9.58 Å². The molecule has 1 rings (SSSR count). The van der Waals surface area contributed by atoms with Gasteiger partial charge in [-0.3, -0.25) is 0 Å². The van der Waals surface area contributed by atoms with E-state index in [9.17, 15) is 0 Å². The SMILES string of the molecule is [C-]#[N+]CC1(C)COC1. The Balaban J connectivity index is 2.33. The first-order valence-electron chi connectivity index (χ1n) is 2.68. The molecule has 1 heterocycles. The lowest BCUT2D eigenvalue weighted by Crippen LogP contribution is -2.41. The number of hydrogen-bond acceptors (Lipinski definition) is 1. The van der Waals surface area contributed by atoms with Crippen LogP contribution in [-0.4, -0.2) is 19.8 Å². The lowest BCUT2D eigenvalue weighted by atomic mass is 9.89. The monoisotopic (exact) mass is 111 g/mol. The second kappa shape index (κ2) is 1.75. The fourth-order valence-corrected chi connectivity index (χ4v) is 0.733. The topological polar surface area (TPSA) is 13.6 Å². The molecule has 0 aromatic carbocycles. The molecule has 1 saturated heterocycles. The fourth-order valence-electron chi connectivity index (χ4n) is 0.733. The van der Waals surface area contributed by atoms with E-state index in [1.165, 1.54) is 0 Å². The summed E-state index contributed by atoms with van der Waals surface area (Å²) >= 11 is 0. The number of rotatable bonds is 1. The van der Waals surface area contributed by atoms with Gasteiger partial charge in [0.2, 0.25) is 6.54 Å². The minimum Gasteiger partial charge on any atom is -0.380 e. The molecule has 0 unspecified atom stereocenters. The van der Waals surface area contributed by atoms with E-state index in [2.05, 4.69) is 11.8 Å². The van der Waals surface area contributed by atoms with Crippen LogP contribution in [0.15, 0.2) is 0 Å². The predicted octanol–water partition coefficient (Wildman–Crippen LogP) is 0.942. The number of hydrogen-bond donors (Lipinski definition) is 0. The number of nitrogens with zero attached hydrogens (tertiary/aromatic N) is 1. The van der Waals surface area contributed by atoms with Crippen molar-refractivity contribution in [3.8, 4) is 0 Å². The van der Waals surface area contributed by atoms with Gasteiger partial charge >= 0.3 is 0 Å². The van der Waals surface area contributed by atoms with E-state index >= 15 is 0 Å². The van der Waals surface area contributed by atoms with Crippen LogP contribution < -0.4 is 0 Å². The molecule has 0 N–H and O–H groups in total. The van der Waals surface area contributed by atoms with Crippen LogP contribution in [0.3, 0.4) is 0 Å². The molecule has 0 amide bonds. The highest BCUT2D eigenvalue weighted by molar-refractivity contribution is 4.87. The van der Waals surface area contributed by atoms with Crippen LogP contribution in [0.5, 0.6) is 0 Å². The van der Waals surface area contributed by atoms with Crippen molar-refractivity contribution >= 4 is 0 Å². The van der Waals surface area contributed by atoms with E-state index in [-0.39, 0.29) is 5.41 Å². The summed E-state index contributed by atoms with van der Waals surface area (Å²) in [4.78, 5) is 3.30. The van der Waals surface area contributed by atoms with E-state index < -0.39 is 0 Å². The van der Waals surface area contributed by atoms with Crippen molar-refractivity contribution in [2.45, 2.75) is 6.92 Å². The first kappa shape index (κ1) is 5.58. The largest absolute Gasteiger partial charge is 0.380 e. The molecule has 2 nitrogen and oxygen atoms in total. The van der Waals surface area contributed by atoms with Crippen LogP contribution in [0.25, 0.3) is 4.85 Å². The van der Waals surface area contributed by atoms with Crippen LogP contribution in [-0.2, 0) is 4.74 Å². The quantitative estimate of drug-likeness (QED) is 0.459. The third-order valence-electron chi connectivity index (χ3n) is 1.36. The molecule has 1 fully saturated rings. The van der Waals surface area contributed by atoms with E-state index in [0.717, 1.165) is 13.2 Å². The first-order chi connectivity index (χ1) is 3.77. The average molecular weight is 111 g/mol. The summed E-state index contributed by atoms with van der Waals surface area (Å²) in [5, 5.41) is 0. The molecule has 0 spiro atoms. The molecule has 8 heavy (non-hydrogen) atoms. The smallest absolute Gasteiger partial charge is 0.224 e. The second-order valence-corrected chi connectivity index (χ2v) is 2.62. The molecule has 0 radical (unpaired) electrons. The Morgan fingerprint density at radius 2 is 2.38 bits per heavy atom. The molecule has 0 aromatic heterocycles. The van der Waals surface area contributed by atoms with Gasteiger partial charge in [-0.15, -0.1) is 0 Å². The van der Waals surface area contributed by atoms with Gasteiger partial charge in [0.1, 0.15) is 0 Å². The van der Waals surface area contributed by atoms with E-state index in [1.54, 1.807) is 0 Å². The van der Waals surface area contributed by atoms with Gasteiger partial charge in [0.15, 0.2) is 0 Å². The van der Waals surface area contributed by atoms with Gasteiger partial charge in [-0.1, -0.05) is 0 Å². The molecule has 0 aliphatic carbocycles. The van der Waals surface area contributed by atoms with Gasteiger partial charge in [-0.2, -0.15) is 0 Å². The van der Waals surface area contributed by atoms with E-state index in [1.807, 2.05) is 0 Å². The highest BCUT2D eigenvalue weighted by Crippen LogP contribution is 2.26. The first-order valence-corrected chi connectivity index (χ1v) is 2.68.